The minimum absolute atomic E-state index is 0.272. The molecule has 4 aromatic rings. The molecule has 9 nitrogen and oxygen atoms in total. The van der Waals surface area contributed by atoms with Crippen molar-refractivity contribution in [3.05, 3.63) is 72.1 Å². The first-order valence-electron chi connectivity index (χ1n) is 15.6. The van der Waals surface area contributed by atoms with E-state index >= 15 is 0 Å². The van der Waals surface area contributed by atoms with Crippen LogP contribution in [-0.4, -0.2) is 64.7 Å². The molecule has 0 saturated carbocycles. The number of nitrogens with zero attached hydrogens (tertiary/aromatic N) is 5. The van der Waals surface area contributed by atoms with Gasteiger partial charge in [0.25, 0.3) is 0 Å². The van der Waals surface area contributed by atoms with Gasteiger partial charge in [-0.15, -0.1) is 0 Å². The van der Waals surface area contributed by atoms with Crippen molar-refractivity contribution < 1.29 is 9.90 Å². The van der Waals surface area contributed by atoms with Gasteiger partial charge in [-0.25, -0.2) is 9.97 Å². The molecule has 5 rings (SSSR count). The molecular weight excluding hydrogens is 550 g/mol. The molecule has 0 bridgehead atoms. The van der Waals surface area contributed by atoms with Gasteiger partial charge in [-0.3, -0.25) is 4.79 Å². The Balaban J connectivity index is 1.60. The zero-order valence-corrected chi connectivity index (χ0v) is 26.7. The summed E-state index contributed by atoms with van der Waals surface area (Å²) in [6.45, 7) is 10.4. The highest BCUT2D eigenvalue weighted by Gasteiger charge is 2.23. The number of aromatic nitrogens is 3. The zero-order chi connectivity index (χ0) is 31.4. The molecule has 232 valence electrons. The first-order valence-corrected chi connectivity index (χ1v) is 15.6. The van der Waals surface area contributed by atoms with E-state index in [1.807, 2.05) is 34.1 Å². The van der Waals surface area contributed by atoms with Gasteiger partial charge in [0.2, 0.25) is 11.9 Å². The van der Waals surface area contributed by atoms with Crippen LogP contribution in [-0.2, 0) is 24.2 Å². The lowest BCUT2D eigenvalue weighted by Crippen LogP contribution is -2.29. The molecule has 9 heteroatoms. The third-order valence-corrected chi connectivity index (χ3v) is 8.37. The van der Waals surface area contributed by atoms with Crippen molar-refractivity contribution in [2.45, 2.75) is 58.6 Å². The number of hydrogen-bond acceptors (Lipinski definition) is 7. The Morgan fingerprint density at radius 3 is 2.73 bits per heavy atom. The van der Waals surface area contributed by atoms with Crippen molar-refractivity contribution in [2.75, 3.05) is 49.8 Å². The molecule has 3 heterocycles. The van der Waals surface area contributed by atoms with Gasteiger partial charge in [0, 0.05) is 61.3 Å². The zero-order valence-electron chi connectivity index (χ0n) is 26.7. The van der Waals surface area contributed by atoms with Gasteiger partial charge in [-0.1, -0.05) is 45.0 Å². The van der Waals surface area contributed by atoms with Gasteiger partial charge in [0.05, 0.1) is 28.7 Å². The van der Waals surface area contributed by atoms with E-state index in [1.54, 1.807) is 6.20 Å². The fourth-order valence-electron chi connectivity index (χ4n) is 5.99. The van der Waals surface area contributed by atoms with Crippen molar-refractivity contribution in [2.24, 2.45) is 0 Å². The maximum absolute atomic E-state index is 12.5. The summed E-state index contributed by atoms with van der Waals surface area (Å²) < 4.78 is 2.32. The number of rotatable bonds is 13. The molecule has 0 spiro atoms. The van der Waals surface area contributed by atoms with E-state index in [9.17, 15) is 9.90 Å². The summed E-state index contributed by atoms with van der Waals surface area (Å²) in [5, 5.41) is 18.6. The number of likely N-dealkylation sites (N-methyl/N-ethyl adjacent to an activating group) is 2. The van der Waals surface area contributed by atoms with Crippen molar-refractivity contribution >= 4 is 39.8 Å². The topological polar surface area (TPSA) is 98.5 Å². The lowest BCUT2D eigenvalue weighted by atomic mass is 9.99. The Labute approximate surface area is 260 Å². The van der Waals surface area contributed by atoms with Crippen LogP contribution in [0.25, 0.3) is 22.2 Å². The number of carbonyl (C=O) groups is 1. The van der Waals surface area contributed by atoms with E-state index < -0.39 is 6.10 Å². The smallest absolute Gasteiger partial charge is 0.247 e. The number of carbonyl (C=O) groups excluding carboxylic acids is 1. The van der Waals surface area contributed by atoms with Crippen LogP contribution in [0.15, 0.2) is 55.4 Å². The Morgan fingerprint density at radius 2 is 2.00 bits per heavy atom. The van der Waals surface area contributed by atoms with Gasteiger partial charge < -0.3 is 30.1 Å². The minimum Gasteiger partial charge on any atom is -0.388 e. The summed E-state index contributed by atoms with van der Waals surface area (Å²) in [5.41, 5.74) is 8.60. The normalized spacial score (nSPS) is 13.2. The largest absolute Gasteiger partial charge is 0.388 e. The van der Waals surface area contributed by atoms with Crippen LogP contribution in [0.1, 0.15) is 55.9 Å². The standard InChI is InChI=1S/C35H45N7O2/c1-7-12-24-19-30(41(6)18-17-40(4)5)29(37-32(44)9-3)20-28(24)38-35-36-21-26(31(43)8-2)33(39-35)27-22-42-16-11-14-23-13-10-15-25(27)34(23)42/h9-10,13,15,19-22,31,43H,3,7-8,11-12,14,16-18H2,1-2,4-6H3,(H,37,44)(H,36,38,39). The molecule has 44 heavy (non-hydrogen) atoms. The van der Waals surface area contributed by atoms with Crippen molar-refractivity contribution in [3.63, 3.8) is 0 Å². The van der Waals surface area contributed by atoms with Crippen LogP contribution in [0.5, 0.6) is 0 Å². The molecule has 0 radical (unpaired) electrons. The summed E-state index contributed by atoms with van der Waals surface area (Å²) in [7, 11) is 6.14. The molecule has 2 aromatic heterocycles. The van der Waals surface area contributed by atoms with Crippen LogP contribution in [0, 0.1) is 0 Å². The lowest BCUT2D eigenvalue weighted by molar-refractivity contribution is -0.111. The fourth-order valence-corrected chi connectivity index (χ4v) is 5.99. The number of amides is 1. The highest BCUT2D eigenvalue weighted by atomic mass is 16.3. The number of hydrogen-bond donors (Lipinski definition) is 3. The van der Waals surface area contributed by atoms with Gasteiger partial charge in [-0.2, -0.15) is 0 Å². The third kappa shape index (κ3) is 6.49. The number of anilines is 4. The molecule has 1 aliphatic rings. The number of benzene rings is 2. The monoisotopic (exact) mass is 595 g/mol. The van der Waals surface area contributed by atoms with Gasteiger partial charge in [0.1, 0.15) is 0 Å². The highest BCUT2D eigenvalue weighted by molar-refractivity contribution is 6.02. The number of para-hydroxylation sites is 1. The number of aliphatic hydroxyl groups excluding tert-OH is 1. The summed E-state index contributed by atoms with van der Waals surface area (Å²) in [4.78, 5) is 26.5. The first kappa shape index (κ1) is 31.2. The average Bonchev–Trinajstić information content (AvgIpc) is 3.40. The van der Waals surface area contributed by atoms with Crippen LogP contribution < -0.4 is 15.5 Å². The van der Waals surface area contributed by atoms with Crippen LogP contribution in [0.3, 0.4) is 0 Å². The van der Waals surface area contributed by atoms with Crippen molar-refractivity contribution in [1.29, 1.82) is 0 Å². The van der Waals surface area contributed by atoms with Crippen LogP contribution >= 0.6 is 0 Å². The van der Waals surface area contributed by atoms with E-state index in [-0.39, 0.29) is 5.91 Å². The molecule has 3 N–H and O–H groups in total. The minimum atomic E-state index is -0.681. The lowest BCUT2D eigenvalue weighted by Gasteiger charge is -2.26. The highest BCUT2D eigenvalue weighted by Crippen LogP contribution is 2.39. The molecule has 0 saturated heterocycles. The maximum Gasteiger partial charge on any atom is 0.247 e. The van der Waals surface area contributed by atoms with Gasteiger partial charge in [-0.05, 0) is 69.1 Å². The quantitative estimate of drug-likeness (QED) is 0.156. The summed E-state index contributed by atoms with van der Waals surface area (Å²) in [6.07, 6.45) is 9.03. The van der Waals surface area contributed by atoms with Gasteiger partial charge >= 0.3 is 0 Å². The molecule has 0 aliphatic carbocycles. The second kappa shape index (κ2) is 13.6. The van der Waals surface area contributed by atoms with E-state index in [4.69, 9.17) is 4.98 Å². The van der Waals surface area contributed by atoms with Crippen molar-refractivity contribution in [1.82, 2.24) is 19.4 Å². The Kier molecular flexibility index (Phi) is 9.66. The number of nitrogens with one attached hydrogen (secondary N) is 2. The molecular formula is C35H45N7O2. The predicted molar refractivity (Wildman–Crippen MR) is 181 cm³/mol. The molecule has 1 atom stereocenters. The summed E-state index contributed by atoms with van der Waals surface area (Å²) in [6, 6.07) is 10.6. The predicted octanol–water partition coefficient (Wildman–Crippen LogP) is 6.31. The van der Waals surface area contributed by atoms with Gasteiger partial charge in [0.15, 0.2) is 0 Å². The fraction of sp³-hybridized carbons (Fsp3) is 0.400. The SMILES string of the molecule is C=CC(=O)Nc1cc(Nc2ncc(C(O)CC)c(-c3cn4c5c(cccc35)CCC4)n2)c(CCC)cc1N(C)CCN(C)C. The van der Waals surface area contributed by atoms with Crippen LogP contribution in [0.2, 0.25) is 0 Å². The number of aliphatic hydroxyl groups is 1. The average molecular weight is 596 g/mol. The maximum atomic E-state index is 12.5. The summed E-state index contributed by atoms with van der Waals surface area (Å²) in [5.74, 6) is 0.164. The summed E-state index contributed by atoms with van der Waals surface area (Å²) >= 11 is 0. The first-order chi connectivity index (χ1) is 21.2. The second-order valence-corrected chi connectivity index (χ2v) is 11.9. The Hall–Kier alpha value is -4.21. The number of aryl methyl sites for hydroxylation is 3. The molecule has 1 amide bonds. The van der Waals surface area contributed by atoms with E-state index in [0.29, 0.717) is 23.6 Å². The molecule has 0 fully saturated rings. The van der Waals surface area contributed by atoms with Crippen molar-refractivity contribution in [3.8, 4) is 11.3 Å². The molecule has 1 unspecified atom stereocenters. The molecule has 2 aromatic carbocycles. The van der Waals surface area contributed by atoms with E-state index in [1.165, 1.54) is 17.2 Å². The van der Waals surface area contributed by atoms with E-state index in [2.05, 4.69) is 73.9 Å². The second-order valence-electron chi connectivity index (χ2n) is 11.9. The Bertz CT molecular complexity index is 1660. The third-order valence-electron chi connectivity index (χ3n) is 8.37. The molecule has 1 aliphatic heterocycles. The Morgan fingerprint density at radius 1 is 1.18 bits per heavy atom. The van der Waals surface area contributed by atoms with Crippen LogP contribution in [0.4, 0.5) is 23.0 Å². The van der Waals surface area contributed by atoms with E-state index in [0.717, 1.165) is 78.9 Å².